The van der Waals surface area contributed by atoms with E-state index in [9.17, 15) is 13.9 Å². The Morgan fingerprint density at radius 2 is 2.00 bits per heavy atom. The van der Waals surface area contributed by atoms with Gasteiger partial charge in [0.15, 0.2) is 5.82 Å². The summed E-state index contributed by atoms with van der Waals surface area (Å²) in [6, 6.07) is 5.51. The van der Waals surface area contributed by atoms with Gasteiger partial charge in [-0.1, -0.05) is 6.92 Å². The summed E-state index contributed by atoms with van der Waals surface area (Å²) >= 11 is 0. The summed E-state index contributed by atoms with van der Waals surface area (Å²) in [5.41, 5.74) is 8.60. The lowest BCUT2D eigenvalue weighted by Gasteiger charge is -2.19. The van der Waals surface area contributed by atoms with Crippen LogP contribution in [0.4, 0.5) is 14.5 Å². The van der Waals surface area contributed by atoms with Crippen LogP contribution in [0.2, 0.25) is 0 Å². The van der Waals surface area contributed by atoms with Gasteiger partial charge in [-0.05, 0) is 67.2 Å². The number of nitrogens with zero attached hydrogens (tertiary/aromatic N) is 1. The van der Waals surface area contributed by atoms with Crippen LogP contribution in [0, 0.1) is 11.6 Å². The number of rotatable bonds is 4. The van der Waals surface area contributed by atoms with Crippen molar-refractivity contribution in [2.24, 2.45) is 0 Å². The first kappa shape index (κ1) is 17.1. The fraction of sp³-hybridized carbons (Fsp3) is 0.250. The molecule has 0 saturated heterocycles. The average molecular weight is 342 g/mol. The Kier molecular flexibility index (Phi) is 4.83. The van der Waals surface area contributed by atoms with Crippen molar-refractivity contribution in [3.63, 3.8) is 0 Å². The molecule has 0 amide bonds. The van der Waals surface area contributed by atoms with E-state index in [1.807, 2.05) is 6.92 Å². The molecule has 1 fully saturated rings. The molecular formula is C20H20F2N2O. The fourth-order valence-electron chi connectivity index (χ4n) is 2.87. The smallest absolute Gasteiger partial charge is 0.152 e. The predicted molar refractivity (Wildman–Crippen MR) is 95.0 cm³/mol. The minimum atomic E-state index is -0.466. The van der Waals surface area contributed by atoms with Gasteiger partial charge >= 0.3 is 0 Å². The largest absolute Gasteiger partial charge is 0.508 e. The number of hydrogen-bond donors (Lipinski definition) is 2. The SMILES string of the molecule is CCc1nccc(/C(=C\C(O)=C2CCC2)c2ccc(F)cc2N)c1F. The highest BCUT2D eigenvalue weighted by Crippen LogP contribution is 2.34. The van der Waals surface area contributed by atoms with Crippen molar-refractivity contribution in [3.05, 3.63) is 76.3 Å². The molecule has 3 rings (SSSR count). The third-order valence-corrected chi connectivity index (χ3v) is 4.49. The van der Waals surface area contributed by atoms with Crippen LogP contribution in [0.15, 0.2) is 47.9 Å². The zero-order valence-corrected chi connectivity index (χ0v) is 14.0. The number of aliphatic hydroxyl groups excluding tert-OH is 1. The van der Waals surface area contributed by atoms with E-state index < -0.39 is 11.6 Å². The second-order valence-corrected chi connectivity index (χ2v) is 6.10. The van der Waals surface area contributed by atoms with E-state index in [4.69, 9.17) is 5.73 Å². The summed E-state index contributed by atoms with van der Waals surface area (Å²) < 4.78 is 28.3. The molecule has 0 atom stereocenters. The van der Waals surface area contributed by atoms with E-state index in [0.29, 0.717) is 23.3 Å². The Bertz CT molecular complexity index is 866. The molecule has 1 aromatic carbocycles. The first-order valence-corrected chi connectivity index (χ1v) is 8.33. The lowest BCUT2D eigenvalue weighted by atomic mass is 9.89. The molecule has 0 unspecified atom stereocenters. The quantitative estimate of drug-likeness (QED) is 0.612. The second-order valence-electron chi connectivity index (χ2n) is 6.10. The van der Waals surface area contributed by atoms with E-state index in [2.05, 4.69) is 4.98 Å². The molecule has 25 heavy (non-hydrogen) atoms. The monoisotopic (exact) mass is 342 g/mol. The molecule has 1 saturated carbocycles. The van der Waals surface area contributed by atoms with Gasteiger partial charge in [-0.15, -0.1) is 0 Å². The Labute approximate surface area is 145 Å². The molecule has 0 radical (unpaired) electrons. The maximum absolute atomic E-state index is 14.9. The summed E-state index contributed by atoms with van der Waals surface area (Å²) in [5.74, 6) is -0.794. The molecule has 5 heteroatoms. The topological polar surface area (TPSA) is 59.1 Å². The van der Waals surface area contributed by atoms with Gasteiger partial charge in [0.25, 0.3) is 0 Å². The number of nitrogen functional groups attached to an aromatic ring is 1. The van der Waals surface area contributed by atoms with Gasteiger partial charge in [-0.3, -0.25) is 4.98 Å². The molecule has 3 nitrogen and oxygen atoms in total. The van der Waals surface area contributed by atoms with Gasteiger partial charge in [0, 0.05) is 23.0 Å². The maximum atomic E-state index is 14.9. The van der Waals surface area contributed by atoms with Crippen molar-refractivity contribution in [1.82, 2.24) is 4.98 Å². The summed E-state index contributed by atoms with van der Waals surface area (Å²) in [5, 5.41) is 10.4. The van der Waals surface area contributed by atoms with E-state index in [1.54, 1.807) is 6.07 Å². The summed E-state index contributed by atoms with van der Waals surface area (Å²) in [6.45, 7) is 1.82. The lowest BCUT2D eigenvalue weighted by Crippen LogP contribution is -2.04. The molecule has 1 aliphatic rings. The predicted octanol–water partition coefficient (Wildman–Crippen LogP) is 4.93. The van der Waals surface area contributed by atoms with Gasteiger partial charge in [0.05, 0.1) is 5.69 Å². The number of nitrogens with two attached hydrogens (primary N) is 1. The van der Waals surface area contributed by atoms with E-state index >= 15 is 0 Å². The number of benzene rings is 1. The summed E-state index contributed by atoms with van der Waals surface area (Å²) in [7, 11) is 0. The molecular weight excluding hydrogens is 322 g/mol. The highest BCUT2D eigenvalue weighted by atomic mass is 19.1. The first-order valence-electron chi connectivity index (χ1n) is 8.33. The van der Waals surface area contributed by atoms with Gasteiger partial charge in [0.2, 0.25) is 0 Å². The van der Waals surface area contributed by atoms with Crippen molar-refractivity contribution in [2.75, 3.05) is 5.73 Å². The van der Waals surface area contributed by atoms with Crippen molar-refractivity contribution in [2.45, 2.75) is 32.6 Å². The number of halogens is 2. The fourth-order valence-corrected chi connectivity index (χ4v) is 2.87. The molecule has 0 aliphatic heterocycles. The lowest BCUT2D eigenvalue weighted by molar-refractivity contribution is 0.407. The van der Waals surface area contributed by atoms with E-state index in [1.165, 1.54) is 30.5 Å². The van der Waals surface area contributed by atoms with Crippen LogP contribution < -0.4 is 5.73 Å². The number of aryl methyl sites for hydroxylation is 1. The third-order valence-electron chi connectivity index (χ3n) is 4.49. The Balaban J connectivity index is 2.21. The number of aromatic nitrogens is 1. The normalized spacial score (nSPS) is 14.4. The number of hydrogen-bond acceptors (Lipinski definition) is 3. The van der Waals surface area contributed by atoms with Crippen molar-refractivity contribution >= 4 is 11.3 Å². The first-order chi connectivity index (χ1) is 12.0. The second kappa shape index (κ2) is 7.05. The van der Waals surface area contributed by atoms with Crippen LogP contribution in [0.3, 0.4) is 0 Å². The summed E-state index contributed by atoms with van der Waals surface area (Å²) in [4.78, 5) is 4.04. The molecule has 130 valence electrons. The van der Waals surface area contributed by atoms with Gasteiger partial charge in [-0.25, -0.2) is 8.78 Å². The van der Waals surface area contributed by atoms with Crippen LogP contribution in [0.5, 0.6) is 0 Å². The van der Waals surface area contributed by atoms with E-state index in [0.717, 1.165) is 24.8 Å². The minimum absolute atomic E-state index is 0.124. The van der Waals surface area contributed by atoms with E-state index in [-0.39, 0.29) is 17.0 Å². The third kappa shape index (κ3) is 3.40. The minimum Gasteiger partial charge on any atom is -0.508 e. The van der Waals surface area contributed by atoms with Crippen molar-refractivity contribution in [1.29, 1.82) is 0 Å². The van der Waals surface area contributed by atoms with Crippen LogP contribution in [0.1, 0.15) is 43.0 Å². The highest BCUT2D eigenvalue weighted by Gasteiger charge is 2.19. The van der Waals surface area contributed by atoms with Gasteiger partial charge in [0.1, 0.15) is 11.6 Å². The number of aliphatic hydroxyl groups is 1. The standard InChI is InChI=1S/C20H20F2N2O/c1-2-18-20(22)15(8-9-24-18)16(11-19(25)12-4-3-5-12)14-7-6-13(21)10-17(14)23/h6-11,25H,2-5,23H2,1H3/b16-11-. The van der Waals surface area contributed by atoms with Crippen LogP contribution in [0.25, 0.3) is 5.57 Å². The number of allylic oxidation sites excluding steroid dienone is 2. The highest BCUT2D eigenvalue weighted by molar-refractivity contribution is 5.87. The Morgan fingerprint density at radius 1 is 1.24 bits per heavy atom. The van der Waals surface area contributed by atoms with Crippen LogP contribution in [-0.4, -0.2) is 10.1 Å². The molecule has 2 aromatic rings. The van der Waals surface area contributed by atoms with Crippen molar-refractivity contribution in [3.8, 4) is 0 Å². The molecule has 1 aromatic heterocycles. The average Bonchev–Trinajstić information content (AvgIpc) is 2.52. The number of anilines is 1. The molecule has 0 spiro atoms. The van der Waals surface area contributed by atoms with Crippen LogP contribution >= 0.6 is 0 Å². The van der Waals surface area contributed by atoms with Gasteiger partial charge < -0.3 is 10.8 Å². The number of pyridine rings is 1. The molecule has 3 N–H and O–H groups in total. The molecule has 0 bridgehead atoms. The zero-order valence-electron chi connectivity index (χ0n) is 14.0. The Morgan fingerprint density at radius 3 is 2.60 bits per heavy atom. The Hall–Kier alpha value is -2.69. The maximum Gasteiger partial charge on any atom is 0.152 e. The zero-order chi connectivity index (χ0) is 18.0. The van der Waals surface area contributed by atoms with Crippen molar-refractivity contribution < 1.29 is 13.9 Å². The molecule has 1 aliphatic carbocycles. The summed E-state index contributed by atoms with van der Waals surface area (Å²) in [6.07, 6.45) is 6.18. The van der Waals surface area contributed by atoms with Gasteiger partial charge in [-0.2, -0.15) is 0 Å². The molecule has 1 heterocycles. The van der Waals surface area contributed by atoms with Crippen LogP contribution in [-0.2, 0) is 6.42 Å².